The van der Waals surface area contributed by atoms with Crippen LogP contribution in [0, 0.1) is 5.82 Å². The first-order valence-electron chi connectivity index (χ1n) is 5.63. The third-order valence-corrected chi connectivity index (χ3v) is 2.82. The second-order valence-corrected chi connectivity index (χ2v) is 4.12. The maximum absolute atomic E-state index is 14.0. The van der Waals surface area contributed by atoms with Gasteiger partial charge in [-0.2, -0.15) is 0 Å². The van der Waals surface area contributed by atoms with E-state index < -0.39 is 17.6 Å². The first kappa shape index (κ1) is 13.5. The molecule has 2 amide bonds. The van der Waals surface area contributed by atoms with Crippen molar-refractivity contribution < 1.29 is 19.1 Å². The molecule has 0 bridgehead atoms. The highest BCUT2D eigenvalue weighted by Gasteiger charge is 2.20. The molecule has 2 rings (SSSR count). The summed E-state index contributed by atoms with van der Waals surface area (Å²) >= 11 is 0. The molecule has 2 aromatic carbocycles. The Hall–Kier alpha value is -2.89. The molecule has 0 fully saturated rings. The molecule has 0 radical (unpaired) electrons. The van der Waals surface area contributed by atoms with Crippen molar-refractivity contribution in [1.29, 1.82) is 0 Å². The molecule has 0 saturated heterocycles. The van der Waals surface area contributed by atoms with Gasteiger partial charge < -0.3 is 16.6 Å². The Labute approximate surface area is 113 Å². The highest BCUT2D eigenvalue weighted by atomic mass is 19.1. The molecule has 2 aromatic rings. The summed E-state index contributed by atoms with van der Waals surface area (Å²) in [5, 5.41) is 9.22. The van der Waals surface area contributed by atoms with Crippen LogP contribution in [0.2, 0.25) is 0 Å². The van der Waals surface area contributed by atoms with Crippen molar-refractivity contribution in [3.05, 3.63) is 53.3 Å². The molecule has 0 saturated carbocycles. The van der Waals surface area contributed by atoms with E-state index in [-0.39, 0.29) is 28.0 Å². The fourth-order valence-electron chi connectivity index (χ4n) is 1.96. The number of benzene rings is 2. The van der Waals surface area contributed by atoms with Gasteiger partial charge in [0.2, 0.25) is 11.8 Å². The van der Waals surface area contributed by atoms with Crippen molar-refractivity contribution in [1.82, 2.24) is 0 Å². The van der Waals surface area contributed by atoms with Gasteiger partial charge in [-0.3, -0.25) is 9.59 Å². The zero-order valence-corrected chi connectivity index (χ0v) is 10.3. The first-order chi connectivity index (χ1) is 9.41. The Morgan fingerprint density at radius 2 is 1.55 bits per heavy atom. The molecule has 0 unspecified atom stereocenters. The van der Waals surface area contributed by atoms with E-state index in [0.29, 0.717) is 0 Å². The summed E-state index contributed by atoms with van der Waals surface area (Å²) in [6.07, 6.45) is 0. The summed E-state index contributed by atoms with van der Waals surface area (Å²) in [6.45, 7) is 0. The minimum absolute atomic E-state index is 0.0185. The van der Waals surface area contributed by atoms with Crippen molar-refractivity contribution in [3.63, 3.8) is 0 Å². The van der Waals surface area contributed by atoms with Crippen LogP contribution in [0.4, 0.5) is 4.39 Å². The van der Waals surface area contributed by atoms with Gasteiger partial charge in [0, 0.05) is 28.3 Å². The predicted molar refractivity (Wildman–Crippen MR) is 70.5 cm³/mol. The lowest BCUT2D eigenvalue weighted by atomic mass is 9.93. The van der Waals surface area contributed by atoms with Crippen molar-refractivity contribution in [2.24, 2.45) is 11.5 Å². The van der Waals surface area contributed by atoms with E-state index >= 15 is 0 Å². The molecule has 5 N–H and O–H groups in total. The number of carbonyl (C=O) groups is 2. The second kappa shape index (κ2) is 5.00. The maximum Gasteiger partial charge on any atom is 0.249 e. The number of halogens is 1. The van der Waals surface area contributed by atoms with Gasteiger partial charge in [0.25, 0.3) is 0 Å². The van der Waals surface area contributed by atoms with Crippen molar-refractivity contribution in [3.8, 4) is 16.9 Å². The number of hydrogen-bond acceptors (Lipinski definition) is 3. The number of amides is 2. The molecule has 0 aliphatic rings. The monoisotopic (exact) mass is 274 g/mol. The normalized spacial score (nSPS) is 10.2. The van der Waals surface area contributed by atoms with Crippen molar-refractivity contribution >= 4 is 11.8 Å². The highest BCUT2D eigenvalue weighted by Crippen LogP contribution is 2.31. The van der Waals surface area contributed by atoms with Gasteiger partial charge in [-0.15, -0.1) is 0 Å². The minimum Gasteiger partial charge on any atom is -0.508 e. The van der Waals surface area contributed by atoms with Crippen LogP contribution in [-0.2, 0) is 0 Å². The van der Waals surface area contributed by atoms with Crippen LogP contribution in [0.5, 0.6) is 5.75 Å². The SMILES string of the molecule is NC(=O)c1cccc(C(N)=O)c1-c1ccc(O)cc1F. The van der Waals surface area contributed by atoms with Crippen LogP contribution in [0.15, 0.2) is 36.4 Å². The number of rotatable bonds is 3. The van der Waals surface area contributed by atoms with E-state index in [1.807, 2.05) is 0 Å². The zero-order chi connectivity index (χ0) is 14.9. The van der Waals surface area contributed by atoms with E-state index in [0.717, 1.165) is 6.07 Å². The third kappa shape index (κ3) is 2.31. The van der Waals surface area contributed by atoms with E-state index in [4.69, 9.17) is 11.5 Å². The predicted octanol–water partition coefficient (Wildman–Crippen LogP) is 1.40. The number of aromatic hydroxyl groups is 1. The fourth-order valence-corrected chi connectivity index (χ4v) is 1.96. The molecule has 0 atom stereocenters. The van der Waals surface area contributed by atoms with E-state index in [1.54, 1.807) is 0 Å². The zero-order valence-electron chi connectivity index (χ0n) is 10.3. The Kier molecular flexibility index (Phi) is 3.39. The van der Waals surface area contributed by atoms with Crippen LogP contribution in [0.1, 0.15) is 20.7 Å². The van der Waals surface area contributed by atoms with Gasteiger partial charge in [-0.1, -0.05) is 6.07 Å². The molecule has 102 valence electrons. The third-order valence-electron chi connectivity index (χ3n) is 2.82. The molecule has 6 heteroatoms. The number of primary amides is 2. The summed E-state index contributed by atoms with van der Waals surface area (Å²) in [4.78, 5) is 22.9. The molecular weight excluding hydrogens is 263 g/mol. The Balaban J connectivity index is 2.83. The smallest absolute Gasteiger partial charge is 0.249 e. The summed E-state index contributed by atoms with van der Waals surface area (Å²) < 4.78 is 14.0. The molecule has 5 nitrogen and oxygen atoms in total. The van der Waals surface area contributed by atoms with Crippen LogP contribution in [0.25, 0.3) is 11.1 Å². The van der Waals surface area contributed by atoms with Gasteiger partial charge in [0.1, 0.15) is 11.6 Å². The van der Waals surface area contributed by atoms with Crippen LogP contribution in [-0.4, -0.2) is 16.9 Å². The van der Waals surface area contributed by atoms with Gasteiger partial charge >= 0.3 is 0 Å². The molecule has 20 heavy (non-hydrogen) atoms. The van der Waals surface area contributed by atoms with Crippen molar-refractivity contribution in [2.45, 2.75) is 0 Å². The second-order valence-electron chi connectivity index (χ2n) is 4.12. The summed E-state index contributed by atoms with van der Waals surface area (Å²) in [5.74, 6) is -2.68. The van der Waals surface area contributed by atoms with Crippen LogP contribution in [0.3, 0.4) is 0 Å². The number of phenols is 1. The lowest BCUT2D eigenvalue weighted by molar-refractivity contribution is 0.0999. The number of phenolic OH excluding ortho intramolecular Hbond substituents is 1. The Bertz CT molecular complexity index is 681. The van der Waals surface area contributed by atoms with Gasteiger partial charge in [0.15, 0.2) is 0 Å². The lowest BCUT2D eigenvalue weighted by Gasteiger charge is -2.12. The van der Waals surface area contributed by atoms with Crippen LogP contribution < -0.4 is 11.5 Å². The van der Waals surface area contributed by atoms with E-state index in [1.165, 1.54) is 30.3 Å². The average molecular weight is 274 g/mol. The Morgan fingerprint density at radius 3 is 2.00 bits per heavy atom. The molecule has 0 aromatic heterocycles. The first-order valence-corrected chi connectivity index (χ1v) is 5.63. The quantitative estimate of drug-likeness (QED) is 0.787. The summed E-state index contributed by atoms with van der Waals surface area (Å²) in [7, 11) is 0. The Morgan fingerprint density at radius 1 is 1.00 bits per heavy atom. The minimum atomic E-state index is -0.810. The molecule has 0 aliphatic carbocycles. The molecule has 0 aliphatic heterocycles. The average Bonchev–Trinajstić information content (AvgIpc) is 2.37. The molecule has 0 spiro atoms. The van der Waals surface area contributed by atoms with Gasteiger partial charge in [-0.25, -0.2) is 4.39 Å². The largest absolute Gasteiger partial charge is 0.508 e. The topological polar surface area (TPSA) is 106 Å². The number of carbonyl (C=O) groups excluding carboxylic acids is 2. The van der Waals surface area contributed by atoms with E-state index in [2.05, 4.69) is 0 Å². The van der Waals surface area contributed by atoms with Crippen molar-refractivity contribution in [2.75, 3.05) is 0 Å². The standard InChI is InChI=1S/C14H11FN2O3/c15-11-6-7(18)4-5-8(11)12-9(13(16)19)2-1-3-10(12)14(17)20/h1-6,18H,(H2,16,19)(H2,17,20). The highest BCUT2D eigenvalue weighted by molar-refractivity contribution is 6.08. The summed E-state index contributed by atoms with van der Waals surface area (Å²) in [6, 6.07) is 7.53. The summed E-state index contributed by atoms with van der Waals surface area (Å²) in [5.41, 5.74) is 10.4. The lowest BCUT2D eigenvalue weighted by Crippen LogP contribution is -2.18. The van der Waals surface area contributed by atoms with Gasteiger partial charge in [-0.05, 0) is 24.3 Å². The van der Waals surface area contributed by atoms with Gasteiger partial charge in [0.05, 0.1) is 0 Å². The molecule has 0 heterocycles. The van der Waals surface area contributed by atoms with E-state index in [9.17, 15) is 19.1 Å². The fraction of sp³-hybridized carbons (Fsp3) is 0. The number of hydrogen-bond donors (Lipinski definition) is 3. The maximum atomic E-state index is 14.0. The van der Waals surface area contributed by atoms with Crippen LogP contribution >= 0.6 is 0 Å². The number of nitrogens with two attached hydrogens (primary N) is 2. The molecular formula is C14H11FN2O3.